The molecule has 0 aliphatic rings. The van der Waals surface area contributed by atoms with Gasteiger partial charge in [0.05, 0.1) is 6.54 Å². The van der Waals surface area contributed by atoms with E-state index < -0.39 is 0 Å². The summed E-state index contributed by atoms with van der Waals surface area (Å²) in [5.41, 5.74) is 3.92. The second-order valence-electron chi connectivity index (χ2n) is 8.13. The third-order valence-corrected chi connectivity index (χ3v) is 4.61. The molecule has 0 bridgehead atoms. The fourth-order valence-electron chi connectivity index (χ4n) is 2.80. The Balaban J connectivity index is 1.90. The van der Waals surface area contributed by atoms with Gasteiger partial charge in [0.15, 0.2) is 6.61 Å². The van der Waals surface area contributed by atoms with E-state index in [1.165, 1.54) is 4.90 Å². The molecule has 2 aromatic carbocycles. The van der Waals surface area contributed by atoms with Crippen LogP contribution in [-0.2, 0) is 15.0 Å². The fraction of sp³-hybridized carbons (Fsp3) is 0.391. The highest BCUT2D eigenvalue weighted by Gasteiger charge is 2.17. The minimum atomic E-state index is -0.252. The number of nitrogens with one attached hydrogen (secondary N) is 1. The molecular formula is C23H30N2O3. The summed E-state index contributed by atoms with van der Waals surface area (Å²) in [4.78, 5) is 26.0. The van der Waals surface area contributed by atoms with E-state index in [0.29, 0.717) is 5.75 Å². The molecule has 1 N–H and O–H groups in total. The lowest BCUT2D eigenvalue weighted by Gasteiger charge is -2.20. The Morgan fingerprint density at radius 1 is 1.04 bits per heavy atom. The molecule has 0 aliphatic heterocycles. The highest BCUT2D eigenvalue weighted by molar-refractivity contribution is 5.95. The van der Waals surface area contributed by atoms with Crippen LogP contribution in [0.4, 0.5) is 5.69 Å². The second-order valence-corrected chi connectivity index (χ2v) is 8.13. The van der Waals surface area contributed by atoms with Gasteiger partial charge < -0.3 is 15.0 Å². The Labute approximate surface area is 167 Å². The maximum atomic E-state index is 12.3. The maximum Gasteiger partial charge on any atom is 0.260 e. The van der Waals surface area contributed by atoms with Crippen LogP contribution in [-0.4, -0.2) is 36.9 Å². The van der Waals surface area contributed by atoms with Crippen LogP contribution < -0.4 is 10.1 Å². The first-order valence-corrected chi connectivity index (χ1v) is 9.41. The van der Waals surface area contributed by atoms with Gasteiger partial charge in [0.2, 0.25) is 5.91 Å². The SMILES string of the molecule is Cc1cccc(C)c1NC(=O)CN(C)C(=O)COc1cccc(C(C)(C)C)c1. The molecule has 0 aliphatic carbocycles. The molecule has 28 heavy (non-hydrogen) atoms. The summed E-state index contributed by atoms with van der Waals surface area (Å²) in [7, 11) is 1.60. The zero-order chi connectivity index (χ0) is 20.9. The molecule has 0 atom stereocenters. The number of amides is 2. The Kier molecular flexibility index (Phi) is 6.84. The molecule has 0 aromatic heterocycles. The lowest BCUT2D eigenvalue weighted by molar-refractivity contribution is -0.135. The smallest absolute Gasteiger partial charge is 0.260 e. The van der Waals surface area contributed by atoms with Crippen molar-refractivity contribution in [3.8, 4) is 5.75 Å². The van der Waals surface area contributed by atoms with Crippen molar-refractivity contribution in [1.82, 2.24) is 4.90 Å². The lowest BCUT2D eigenvalue weighted by Crippen LogP contribution is -2.37. The fourth-order valence-corrected chi connectivity index (χ4v) is 2.80. The highest BCUT2D eigenvalue weighted by Crippen LogP contribution is 2.25. The number of rotatable bonds is 6. The van der Waals surface area contributed by atoms with Crippen molar-refractivity contribution in [3.63, 3.8) is 0 Å². The number of benzene rings is 2. The summed E-state index contributed by atoms with van der Waals surface area (Å²) in [5.74, 6) is 0.162. The summed E-state index contributed by atoms with van der Waals surface area (Å²) in [6, 6.07) is 13.6. The number of hydrogen-bond acceptors (Lipinski definition) is 3. The molecule has 0 radical (unpaired) electrons. The van der Waals surface area contributed by atoms with E-state index in [1.807, 2.05) is 56.3 Å². The van der Waals surface area contributed by atoms with Gasteiger partial charge in [0.25, 0.3) is 5.91 Å². The minimum Gasteiger partial charge on any atom is -0.484 e. The first-order chi connectivity index (χ1) is 13.1. The van der Waals surface area contributed by atoms with Crippen molar-refractivity contribution >= 4 is 17.5 Å². The number of anilines is 1. The van der Waals surface area contributed by atoms with Crippen LogP contribution in [0.1, 0.15) is 37.5 Å². The van der Waals surface area contributed by atoms with Crippen LogP contribution in [0.2, 0.25) is 0 Å². The molecule has 0 saturated carbocycles. The topological polar surface area (TPSA) is 58.6 Å². The third kappa shape index (κ3) is 5.84. The first kappa shape index (κ1) is 21.5. The van der Waals surface area contributed by atoms with Crippen LogP contribution in [0.5, 0.6) is 5.75 Å². The van der Waals surface area contributed by atoms with Gasteiger partial charge in [-0.2, -0.15) is 0 Å². The largest absolute Gasteiger partial charge is 0.484 e. The van der Waals surface area contributed by atoms with E-state index in [9.17, 15) is 9.59 Å². The first-order valence-electron chi connectivity index (χ1n) is 9.41. The molecule has 0 fully saturated rings. The zero-order valence-electron chi connectivity index (χ0n) is 17.6. The van der Waals surface area contributed by atoms with E-state index in [1.54, 1.807) is 7.05 Å². The molecular weight excluding hydrogens is 352 g/mol. The van der Waals surface area contributed by atoms with Gasteiger partial charge in [-0.25, -0.2) is 0 Å². The van der Waals surface area contributed by atoms with Gasteiger partial charge in [-0.3, -0.25) is 9.59 Å². The maximum absolute atomic E-state index is 12.3. The van der Waals surface area contributed by atoms with Crippen molar-refractivity contribution in [3.05, 3.63) is 59.2 Å². The van der Waals surface area contributed by atoms with E-state index in [0.717, 1.165) is 22.4 Å². The molecule has 2 aromatic rings. The molecule has 0 spiro atoms. The van der Waals surface area contributed by atoms with Crippen molar-refractivity contribution in [2.45, 2.75) is 40.0 Å². The average molecular weight is 383 g/mol. The van der Waals surface area contributed by atoms with Gasteiger partial charge in [-0.05, 0) is 48.1 Å². The Morgan fingerprint density at radius 2 is 1.64 bits per heavy atom. The summed E-state index contributed by atoms with van der Waals surface area (Å²) in [6.07, 6.45) is 0. The van der Waals surface area contributed by atoms with E-state index in [-0.39, 0.29) is 30.4 Å². The normalized spacial score (nSPS) is 11.1. The van der Waals surface area contributed by atoms with Crippen molar-refractivity contribution in [2.75, 3.05) is 25.5 Å². The van der Waals surface area contributed by atoms with E-state index in [4.69, 9.17) is 4.74 Å². The minimum absolute atomic E-state index is 0.00591. The molecule has 0 unspecified atom stereocenters. The predicted octanol–water partition coefficient (Wildman–Crippen LogP) is 4.08. The zero-order valence-corrected chi connectivity index (χ0v) is 17.6. The van der Waals surface area contributed by atoms with E-state index in [2.05, 4.69) is 26.1 Å². The molecule has 150 valence electrons. The molecule has 2 rings (SSSR count). The number of para-hydroxylation sites is 1. The van der Waals surface area contributed by atoms with Gasteiger partial charge in [0.1, 0.15) is 5.75 Å². The monoisotopic (exact) mass is 382 g/mol. The van der Waals surface area contributed by atoms with Crippen LogP contribution in [0.25, 0.3) is 0 Å². The highest BCUT2D eigenvalue weighted by atomic mass is 16.5. The molecule has 2 amide bonds. The predicted molar refractivity (Wildman–Crippen MR) is 113 cm³/mol. The molecule has 0 saturated heterocycles. The van der Waals surface area contributed by atoms with Crippen LogP contribution in [0.15, 0.2) is 42.5 Å². The van der Waals surface area contributed by atoms with Gasteiger partial charge in [-0.15, -0.1) is 0 Å². The second kappa shape index (κ2) is 8.91. The number of carbonyl (C=O) groups excluding carboxylic acids is 2. The summed E-state index contributed by atoms with van der Waals surface area (Å²) in [6.45, 7) is 10.1. The average Bonchev–Trinajstić information content (AvgIpc) is 2.62. The number of nitrogens with zero attached hydrogens (tertiary/aromatic N) is 1. The van der Waals surface area contributed by atoms with E-state index >= 15 is 0 Å². The van der Waals surface area contributed by atoms with Gasteiger partial charge in [-0.1, -0.05) is 51.1 Å². The Bertz CT molecular complexity index is 833. The number of hydrogen-bond donors (Lipinski definition) is 1. The number of carbonyl (C=O) groups is 2. The van der Waals surface area contributed by atoms with Crippen molar-refractivity contribution in [2.24, 2.45) is 0 Å². The number of aryl methyl sites for hydroxylation is 2. The summed E-state index contributed by atoms with van der Waals surface area (Å²) >= 11 is 0. The number of ether oxygens (including phenoxy) is 1. The van der Waals surface area contributed by atoms with Gasteiger partial charge in [0, 0.05) is 12.7 Å². The molecule has 5 nitrogen and oxygen atoms in total. The van der Waals surface area contributed by atoms with Crippen LogP contribution in [0.3, 0.4) is 0 Å². The standard InChI is InChI=1S/C23H30N2O3/c1-16-9-7-10-17(2)22(16)24-20(26)14-25(6)21(27)15-28-19-12-8-11-18(13-19)23(3,4)5/h7-13H,14-15H2,1-6H3,(H,24,26). The third-order valence-electron chi connectivity index (χ3n) is 4.61. The lowest BCUT2D eigenvalue weighted by atomic mass is 9.87. The van der Waals surface area contributed by atoms with Crippen molar-refractivity contribution in [1.29, 1.82) is 0 Å². The van der Waals surface area contributed by atoms with Crippen LogP contribution in [0, 0.1) is 13.8 Å². The number of likely N-dealkylation sites (N-methyl/N-ethyl adjacent to an activating group) is 1. The Morgan fingerprint density at radius 3 is 2.25 bits per heavy atom. The van der Waals surface area contributed by atoms with Gasteiger partial charge >= 0.3 is 0 Å². The van der Waals surface area contributed by atoms with Crippen molar-refractivity contribution < 1.29 is 14.3 Å². The molecule has 0 heterocycles. The summed E-state index contributed by atoms with van der Waals surface area (Å²) < 4.78 is 5.64. The quantitative estimate of drug-likeness (QED) is 0.819. The summed E-state index contributed by atoms with van der Waals surface area (Å²) in [5, 5.41) is 2.89. The molecule has 5 heteroatoms. The van der Waals surface area contributed by atoms with Crippen LogP contribution >= 0.6 is 0 Å². The Hall–Kier alpha value is -2.82.